The lowest BCUT2D eigenvalue weighted by Gasteiger charge is -2.48. The van der Waals surface area contributed by atoms with Gasteiger partial charge >= 0.3 is 0 Å². The molecule has 1 N–H and O–H groups in total. The van der Waals surface area contributed by atoms with Gasteiger partial charge in [0.2, 0.25) is 11.8 Å². The molecule has 1 spiro atoms. The van der Waals surface area contributed by atoms with Crippen LogP contribution in [0.1, 0.15) is 56.2 Å². The number of amides is 1. The van der Waals surface area contributed by atoms with Crippen LogP contribution in [0.15, 0.2) is 4.52 Å². The highest BCUT2D eigenvalue weighted by Crippen LogP contribution is 2.40. The largest absolute Gasteiger partial charge is 0.395 e. The molecule has 0 bridgehead atoms. The molecular formula is C17H26N4O3. The number of aliphatic hydroxyl groups is 1. The molecule has 0 aromatic carbocycles. The van der Waals surface area contributed by atoms with Crippen molar-refractivity contribution in [2.75, 3.05) is 32.8 Å². The van der Waals surface area contributed by atoms with E-state index in [2.05, 4.69) is 15.0 Å². The van der Waals surface area contributed by atoms with E-state index in [0.29, 0.717) is 18.9 Å². The molecule has 7 nitrogen and oxygen atoms in total. The van der Waals surface area contributed by atoms with E-state index in [-0.39, 0.29) is 17.9 Å². The minimum absolute atomic E-state index is 0.0400. The number of carbonyl (C=O) groups excluding carboxylic acids is 1. The van der Waals surface area contributed by atoms with Gasteiger partial charge in [0.05, 0.1) is 13.2 Å². The van der Waals surface area contributed by atoms with E-state index in [0.717, 1.165) is 57.2 Å². The van der Waals surface area contributed by atoms with Gasteiger partial charge in [-0.15, -0.1) is 0 Å². The minimum Gasteiger partial charge on any atom is -0.395 e. The number of hydrogen-bond donors (Lipinski definition) is 1. The van der Waals surface area contributed by atoms with Crippen molar-refractivity contribution in [3.63, 3.8) is 0 Å². The van der Waals surface area contributed by atoms with Crippen LogP contribution in [0.25, 0.3) is 0 Å². The molecule has 24 heavy (non-hydrogen) atoms. The predicted molar refractivity (Wildman–Crippen MR) is 86.1 cm³/mol. The molecule has 7 heteroatoms. The average Bonchev–Trinajstić information content (AvgIpc) is 3.32. The third-order valence-electron chi connectivity index (χ3n) is 5.63. The zero-order valence-electron chi connectivity index (χ0n) is 14.1. The topological polar surface area (TPSA) is 82.7 Å². The third kappa shape index (κ3) is 3.32. The first kappa shape index (κ1) is 16.0. The van der Waals surface area contributed by atoms with Crippen LogP contribution < -0.4 is 0 Å². The van der Waals surface area contributed by atoms with E-state index in [4.69, 9.17) is 4.52 Å². The number of hydrogen-bond acceptors (Lipinski definition) is 6. The lowest BCUT2D eigenvalue weighted by atomic mass is 9.73. The second kappa shape index (κ2) is 6.44. The Morgan fingerprint density at radius 1 is 1.29 bits per heavy atom. The second-order valence-corrected chi connectivity index (χ2v) is 7.68. The highest BCUT2D eigenvalue weighted by atomic mass is 16.5. The first-order valence-electron chi connectivity index (χ1n) is 9.11. The number of aromatic nitrogens is 2. The van der Waals surface area contributed by atoms with E-state index < -0.39 is 0 Å². The summed E-state index contributed by atoms with van der Waals surface area (Å²) < 4.78 is 5.36. The highest BCUT2D eigenvalue weighted by Gasteiger charge is 2.41. The van der Waals surface area contributed by atoms with Gasteiger partial charge in [0.1, 0.15) is 0 Å². The predicted octanol–water partition coefficient (Wildman–Crippen LogP) is 1.14. The van der Waals surface area contributed by atoms with Crippen LogP contribution >= 0.6 is 0 Å². The van der Waals surface area contributed by atoms with Crippen molar-refractivity contribution in [2.24, 2.45) is 5.41 Å². The van der Waals surface area contributed by atoms with Crippen molar-refractivity contribution >= 4 is 5.91 Å². The summed E-state index contributed by atoms with van der Waals surface area (Å²) in [6.07, 6.45) is 6.17. The van der Waals surface area contributed by atoms with Gasteiger partial charge in [-0.25, -0.2) is 0 Å². The van der Waals surface area contributed by atoms with Gasteiger partial charge in [0, 0.05) is 37.4 Å². The van der Waals surface area contributed by atoms with E-state index in [1.165, 1.54) is 12.8 Å². The Kier molecular flexibility index (Phi) is 4.30. The number of carbonyl (C=O) groups is 1. The molecule has 4 rings (SSSR count). The lowest BCUT2D eigenvalue weighted by Crippen LogP contribution is -2.54. The molecule has 3 fully saturated rings. The summed E-state index contributed by atoms with van der Waals surface area (Å²) in [5, 5.41) is 13.3. The van der Waals surface area contributed by atoms with E-state index in [9.17, 15) is 9.90 Å². The van der Waals surface area contributed by atoms with Gasteiger partial charge in [-0.2, -0.15) is 4.98 Å². The molecular weight excluding hydrogens is 308 g/mol. The van der Waals surface area contributed by atoms with Crippen molar-refractivity contribution in [2.45, 2.75) is 51.0 Å². The fourth-order valence-electron chi connectivity index (χ4n) is 4.23. The first-order valence-corrected chi connectivity index (χ1v) is 9.11. The molecule has 3 heterocycles. The number of β-amino-alcohol motifs (C(OH)–C–C–N with tert-alkyl or cyclic N) is 1. The molecule has 1 atom stereocenters. The van der Waals surface area contributed by atoms with Gasteiger partial charge < -0.3 is 14.5 Å². The summed E-state index contributed by atoms with van der Waals surface area (Å²) in [5.41, 5.74) is 0.157. The molecule has 3 aliphatic rings. The Bertz CT molecular complexity index is 600. The van der Waals surface area contributed by atoms with Gasteiger partial charge in [0.15, 0.2) is 5.82 Å². The number of aliphatic hydroxyl groups excluding tert-OH is 1. The number of piperidine rings is 2. The van der Waals surface area contributed by atoms with E-state index in [1.54, 1.807) is 0 Å². The molecule has 1 saturated carbocycles. The Morgan fingerprint density at radius 3 is 2.96 bits per heavy atom. The van der Waals surface area contributed by atoms with Crippen molar-refractivity contribution in [1.82, 2.24) is 19.9 Å². The standard InChI is InChI=1S/C17H26N4O3/c22-9-8-21-12-17(6-4-15(21)23)5-1-7-20(11-17)10-14-18-16(24-19-14)13-2-3-13/h13,22H,1-12H2. The van der Waals surface area contributed by atoms with Gasteiger partial charge in [-0.1, -0.05) is 5.16 Å². The summed E-state index contributed by atoms with van der Waals surface area (Å²) in [7, 11) is 0. The summed E-state index contributed by atoms with van der Waals surface area (Å²) in [6, 6.07) is 0. The zero-order chi connectivity index (χ0) is 16.6. The maximum Gasteiger partial charge on any atom is 0.229 e. The van der Waals surface area contributed by atoms with Crippen LogP contribution in [0, 0.1) is 5.41 Å². The van der Waals surface area contributed by atoms with Gasteiger partial charge in [-0.3, -0.25) is 9.69 Å². The monoisotopic (exact) mass is 334 g/mol. The molecule has 1 unspecified atom stereocenters. The van der Waals surface area contributed by atoms with Crippen LogP contribution in [-0.2, 0) is 11.3 Å². The molecule has 2 saturated heterocycles. The first-order chi connectivity index (χ1) is 11.7. The normalized spacial score (nSPS) is 28.7. The number of nitrogens with zero attached hydrogens (tertiary/aromatic N) is 4. The Balaban J connectivity index is 1.39. The smallest absolute Gasteiger partial charge is 0.229 e. The van der Waals surface area contributed by atoms with Crippen LogP contribution in [-0.4, -0.2) is 63.7 Å². The molecule has 1 aliphatic carbocycles. The molecule has 132 valence electrons. The Hall–Kier alpha value is -1.47. The van der Waals surface area contributed by atoms with Crippen LogP contribution in [0.4, 0.5) is 0 Å². The third-order valence-corrected chi connectivity index (χ3v) is 5.63. The SMILES string of the molecule is O=C1CCC2(CCCN(Cc3noc(C4CC4)n3)C2)CN1CCO. The van der Waals surface area contributed by atoms with Crippen molar-refractivity contribution in [1.29, 1.82) is 0 Å². The number of likely N-dealkylation sites (tertiary alicyclic amines) is 2. The molecule has 2 aliphatic heterocycles. The Morgan fingerprint density at radius 2 is 2.17 bits per heavy atom. The summed E-state index contributed by atoms with van der Waals surface area (Å²) >= 11 is 0. The van der Waals surface area contributed by atoms with Gasteiger partial charge in [-0.05, 0) is 38.6 Å². The lowest BCUT2D eigenvalue weighted by molar-refractivity contribution is -0.140. The summed E-state index contributed by atoms with van der Waals surface area (Å²) in [4.78, 5) is 20.8. The van der Waals surface area contributed by atoms with Gasteiger partial charge in [0.25, 0.3) is 0 Å². The fourth-order valence-corrected chi connectivity index (χ4v) is 4.23. The summed E-state index contributed by atoms with van der Waals surface area (Å²) in [5.74, 6) is 2.26. The highest BCUT2D eigenvalue weighted by molar-refractivity contribution is 5.77. The average molecular weight is 334 g/mol. The van der Waals surface area contributed by atoms with Crippen LogP contribution in [0.2, 0.25) is 0 Å². The Labute approximate surface area is 142 Å². The van der Waals surface area contributed by atoms with E-state index >= 15 is 0 Å². The quantitative estimate of drug-likeness (QED) is 0.869. The maximum absolute atomic E-state index is 12.0. The molecule has 1 amide bonds. The number of rotatable bonds is 5. The van der Waals surface area contributed by atoms with Crippen molar-refractivity contribution in [3.05, 3.63) is 11.7 Å². The molecule has 1 aromatic rings. The van der Waals surface area contributed by atoms with Crippen LogP contribution in [0.5, 0.6) is 0 Å². The summed E-state index contributed by atoms with van der Waals surface area (Å²) in [6.45, 7) is 4.00. The second-order valence-electron chi connectivity index (χ2n) is 7.68. The van der Waals surface area contributed by atoms with E-state index in [1.807, 2.05) is 4.90 Å². The maximum atomic E-state index is 12.0. The molecule has 1 aromatic heterocycles. The van der Waals surface area contributed by atoms with Crippen LogP contribution in [0.3, 0.4) is 0 Å². The minimum atomic E-state index is 0.0400. The van der Waals surface area contributed by atoms with Crippen molar-refractivity contribution in [3.8, 4) is 0 Å². The fraction of sp³-hybridized carbons (Fsp3) is 0.824. The zero-order valence-corrected chi connectivity index (χ0v) is 14.1. The molecule has 0 radical (unpaired) electrons. The van der Waals surface area contributed by atoms with Crippen molar-refractivity contribution < 1.29 is 14.4 Å².